The molecule has 4 nitrogen and oxygen atoms in total. The van der Waals surface area contributed by atoms with Crippen molar-refractivity contribution in [2.45, 2.75) is 13.3 Å². The summed E-state index contributed by atoms with van der Waals surface area (Å²) in [6, 6.07) is 0. The number of nitrogens with one attached hydrogen (secondary N) is 1. The van der Waals surface area contributed by atoms with Crippen LogP contribution in [0.25, 0.3) is 0 Å². The predicted molar refractivity (Wildman–Crippen MR) is 53.3 cm³/mol. The van der Waals surface area contributed by atoms with Gasteiger partial charge in [0.2, 0.25) is 0 Å². The summed E-state index contributed by atoms with van der Waals surface area (Å²) >= 11 is 0. The van der Waals surface area contributed by atoms with Gasteiger partial charge in [-0.2, -0.15) is 0 Å². The van der Waals surface area contributed by atoms with Gasteiger partial charge in [-0.15, -0.1) is 0 Å². The molecule has 0 aromatic heterocycles. The van der Waals surface area contributed by atoms with Crippen LogP contribution in [0.15, 0.2) is 34.3 Å². The van der Waals surface area contributed by atoms with Crippen molar-refractivity contribution in [3.05, 3.63) is 24.3 Å². The third kappa shape index (κ3) is 1.47. The number of rotatable bonds is 2. The summed E-state index contributed by atoms with van der Waals surface area (Å²) in [6.45, 7) is 3.09. The third-order valence-electron chi connectivity index (χ3n) is 1.90. The van der Waals surface area contributed by atoms with Gasteiger partial charge in [-0.3, -0.25) is 0 Å². The third-order valence-corrected chi connectivity index (χ3v) is 1.90. The van der Waals surface area contributed by atoms with E-state index >= 15 is 0 Å². The van der Waals surface area contributed by atoms with Crippen LogP contribution in [0.2, 0.25) is 0 Å². The summed E-state index contributed by atoms with van der Waals surface area (Å²) in [4.78, 5) is 10.5. The highest BCUT2D eigenvalue weighted by Gasteiger charge is 2.17. The lowest BCUT2D eigenvalue weighted by Gasteiger charge is -2.26. The Hall–Kier alpha value is -1.58. The molecule has 1 N–H and O–H groups in total. The van der Waals surface area contributed by atoms with Gasteiger partial charge in [0.1, 0.15) is 5.70 Å². The van der Waals surface area contributed by atoms with Crippen molar-refractivity contribution in [2.75, 3.05) is 6.54 Å². The Morgan fingerprint density at radius 2 is 2.46 bits per heavy atom. The molecule has 2 aliphatic heterocycles. The molecule has 0 aromatic carbocycles. The minimum atomic E-state index is 0.954. The summed E-state index contributed by atoms with van der Waals surface area (Å²) in [6.07, 6.45) is 8.25. The molecular weight excluding hydrogens is 164 g/mol. The van der Waals surface area contributed by atoms with Gasteiger partial charge in [0.05, 0.1) is 12.5 Å². The number of hydrogen-bond acceptors (Lipinski definition) is 4. The van der Waals surface area contributed by atoms with Crippen molar-refractivity contribution in [3.8, 4) is 0 Å². The van der Waals surface area contributed by atoms with Crippen LogP contribution in [0.4, 0.5) is 0 Å². The number of amidine groups is 1. The zero-order valence-electron chi connectivity index (χ0n) is 7.57. The van der Waals surface area contributed by atoms with Gasteiger partial charge in [-0.1, -0.05) is 6.92 Å². The van der Waals surface area contributed by atoms with E-state index in [1.807, 2.05) is 11.2 Å². The van der Waals surface area contributed by atoms with Gasteiger partial charge in [-0.05, 0) is 6.42 Å². The van der Waals surface area contributed by atoms with Crippen molar-refractivity contribution in [1.29, 1.82) is 0 Å². The van der Waals surface area contributed by atoms with E-state index in [0.29, 0.717) is 0 Å². The van der Waals surface area contributed by atoms with Gasteiger partial charge in [-0.25, -0.2) is 9.98 Å². The van der Waals surface area contributed by atoms with Gasteiger partial charge < -0.3 is 10.2 Å². The molecule has 0 bridgehead atoms. The average Bonchev–Trinajstić information content (AvgIpc) is 2.19. The minimum Gasteiger partial charge on any atom is -0.356 e. The van der Waals surface area contributed by atoms with Crippen LogP contribution in [0.5, 0.6) is 0 Å². The van der Waals surface area contributed by atoms with Crippen LogP contribution in [-0.4, -0.2) is 23.6 Å². The van der Waals surface area contributed by atoms with E-state index in [-0.39, 0.29) is 0 Å². The predicted octanol–water partition coefficient (Wildman–Crippen LogP) is 1.05. The van der Waals surface area contributed by atoms with E-state index in [4.69, 9.17) is 0 Å². The molecule has 0 aromatic rings. The van der Waals surface area contributed by atoms with Crippen molar-refractivity contribution < 1.29 is 0 Å². The first-order valence-electron chi connectivity index (χ1n) is 4.41. The molecule has 0 unspecified atom stereocenters. The minimum absolute atomic E-state index is 0.954. The Morgan fingerprint density at radius 3 is 3.31 bits per heavy atom. The molecule has 4 heteroatoms. The largest absolute Gasteiger partial charge is 0.356 e. The summed E-state index contributed by atoms with van der Waals surface area (Å²) < 4.78 is 0. The maximum Gasteiger partial charge on any atom is 0.159 e. The van der Waals surface area contributed by atoms with Crippen LogP contribution < -0.4 is 5.32 Å². The second-order valence-electron chi connectivity index (χ2n) is 2.91. The highest BCUT2D eigenvalue weighted by atomic mass is 15.2. The molecule has 2 heterocycles. The molecule has 2 rings (SSSR count). The van der Waals surface area contributed by atoms with Crippen LogP contribution in [0, 0.1) is 0 Å². The van der Waals surface area contributed by atoms with E-state index in [1.54, 1.807) is 18.6 Å². The Balaban J connectivity index is 2.23. The summed E-state index contributed by atoms with van der Waals surface area (Å²) in [5.41, 5.74) is 0.971. The van der Waals surface area contributed by atoms with E-state index < -0.39 is 0 Å². The SMILES string of the molecule is CCCN1C=NC=C2NC=CN=C21. The van der Waals surface area contributed by atoms with Gasteiger partial charge in [0, 0.05) is 18.9 Å². The summed E-state index contributed by atoms with van der Waals surface area (Å²) in [7, 11) is 0. The van der Waals surface area contributed by atoms with Crippen LogP contribution in [0.1, 0.15) is 13.3 Å². The topological polar surface area (TPSA) is 40.0 Å². The number of fused-ring (bicyclic) bond motifs is 1. The van der Waals surface area contributed by atoms with Crippen LogP contribution in [-0.2, 0) is 0 Å². The van der Waals surface area contributed by atoms with Gasteiger partial charge in [0.25, 0.3) is 0 Å². The fraction of sp³-hybridized carbons (Fsp3) is 0.333. The Kier molecular flexibility index (Phi) is 2.12. The zero-order chi connectivity index (χ0) is 9.10. The highest BCUT2D eigenvalue weighted by Crippen LogP contribution is 2.09. The number of nitrogens with zero attached hydrogens (tertiary/aromatic N) is 3. The molecule has 0 fully saturated rings. The lowest BCUT2D eigenvalue weighted by molar-refractivity contribution is 0.599. The molecule has 13 heavy (non-hydrogen) atoms. The first-order chi connectivity index (χ1) is 6.42. The van der Waals surface area contributed by atoms with Crippen LogP contribution >= 0.6 is 0 Å². The molecule has 0 spiro atoms. The molecule has 0 aliphatic carbocycles. The Labute approximate surface area is 77.4 Å². The highest BCUT2D eigenvalue weighted by molar-refractivity contribution is 6.06. The van der Waals surface area contributed by atoms with E-state index in [9.17, 15) is 0 Å². The Bertz CT molecular complexity index is 312. The summed E-state index contributed by atoms with van der Waals surface area (Å²) in [5, 5.41) is 3.10. The maximum atomic E-state index is 4.29. The normalized spacial score (nSPS) is 19.0. The lowest BCUT2D eigenvalue weighted by Crippen LogP contribution is -2.38. The van der Waals surface area contributed by atoms with Gasteiger partial charge in [0.15, 0.2) is 5.84 Å². The van der Waals surface area contributed by atoms with E-state index in [1.165, 1.54) is 0 Å². The maximum absolute atomic E-state index is 4.29. The molecular formula is C9H12N4. The molecule has 0 radical (unpaired) electrons. The standard InChI is InChI=1S/C9H12N4/c1-2-5-13-7-10-6-8-9(13)12-4-3-11-8/h3-4,6-7,11H,2,5H2,1H3. The smallest absolute Gasteiger partial charge is 0.159 e. The zero-order valence-corrected chi connectivity index (χ0v) is 7.57. The number of aliphatic imine (C=N–C) groups is 2. The fourth-order valence-corrected chi connectivity index (χ4v) is 1.34. The van der Waals surface area contributed by atoms with Crippen molar-refractivity contribution >= 4 is 12.2 Å². The molecule has 0 amide bonds. The first-order valence-corrected chi connectivity index (χ1v) is 4.41. The van der Waals surface area contributed by atoms with E-state index in [0.717, 1.165) is 24.5 Å². The average molecular weight is 176 g/mol. The quantitative estimate of drug-likeness (QED) is 0.683. The molecule has 68 valence electrons. The van der Waals surface area contributed by atoms with E-state index in [2.05, 4.69) is 22.2 Å². The lowest BCUT2D eigenvalue weighted by atomic mass is 10.3. The first kappa shape index (κ1) is 8.04. The van der Waals surface area contributed by atoms with Crippen molar-refractivity contribution in [3.63, 3.8) is 0 Å². The molecule has 2 aliphatic rings. The summed E-state index contributed by atoms with van der Waals surface area (Å²) in [5.74, 6) is 0.958. The second kappa shape index (κ2) is 3.43. The fourth-order valence-electron chi connectivity index (χ4n) is 1.34. The van der Waals surface area contributed by atoms with Crippen molar-refractivity contribution in [1.82, 2.24) is 10.2 Å². The second-order valence-corrected chi connectivity index (χ2v) is 2.91. The molecule has 0 saturated heterocycles. The van der Waals surface area contributed by atoms with Crippen LogP contribution in [0.3, 0.4) is 0 Å². The Morgan fingerprint density at radius 1 is 1.54 bits per heavy atom. The monoisotopic (exact) mass is 176 g/mol. The molecule has 0 saturated carbocycles. The van der Waals surface area contributed by atoms with Crippen molar-refractivity contribution in [2.24, 2.45) is 9.98 Å². The number of hydrogen-bond donors (Lipinski definition) is 1. The van der Waals surface area contributed by atoms with Gasteiger partial charge >= 0.3 is 0 Å². The molecule has 0 atom stereocenters.